The number of hydrogen-bond acceptors (Lipinski definition) is 9. The molecule has 2 saturated heterocycles. The molecular formula is C36H46Cl2FN5O9S. The number of benzene rings is 1. The second kappa shape index (κ2) is 14.0. The number of nitrogens with one attached hydrogen (secondary N) is 3. The summed E-state index contributed by atoms with van der Waals surface area (Å²) < 4.78 is 52.6. The van der Waals surface area contributed by atoms with E-state index in [0.717, 1.165) is 0 Å². The molecule has 14 nitrogen and oxygen atoms in total. The van der Waals surface area contributed by atoms with Gasteiger partial charge in [0.15, 0.2) is 0 Å². The van der Waals surface area contributed by atoms with Crippen molar-refractivity contribution in [2.75, 3.05) is 6.54 Å². The topological polar surface area (TPSA) is 181 Å². The summed E-state index contributed by atoms with van der Waals surface area (Å²) in [6, 6.07) is 2.18. The lowest BCUT2D eigenvalue weighted by Crippen LogP contribution is -2.58. The van der Waals surface area contributed by atoms with Gasteiger partial charge in [0, 0.05) is 24.4 Å². The van der Waals surface area contributed by atoms with E-state index in [-0.39, 0.29) is 44.8 Å². The number of fused-ring (bicyclic) bond motifs is 5. The first-order chi connectivity index (χ1) is 25.3. The molecule has 2 unspecified atom stereocenters. The Hall–Kier alpha value is -3.37. The molecule has 296 valence electrons. The van der Waals surface area contributed by atoms with Gasteiger partial charge in [-0.2, -0.15) is 0 Å². The van der Waals surface area contributed by atoms with Crippen LogP contribution in [-0.2, 0) is 47.0 Å². The second-order valence-electron chi connectivity index (χ2n) is 16.6. The van der Waals surface area contributed by atoms with Crippen LogP contribution in [0.2, 0.25) is 0 Å². The van der Waals surface area contributed by atoms with E-state index < -0.39 is 96.5 Å². The summed E-state index contributed by atoms with van der Waals surface area (Å²) >= 11 is 13.5. The Bertz CT molecular complexity index is 1860. The predicted molar refractivity (Wildman–Crippen MR) is 193 cm³/mol. The minimum atomic E-state index is -3.99. The fourth-order valence-electron chi connectivity index (χ4n) is 8.40. The summed E-state index contributed by atoms with van der Waals surface area (Å²) in [5.74, 6) is -3.90. The summed E-state index contributed by atoms with van der Waals surface area (Å²) in [5, 5.41) is 4.78. The Morgan fingerprint density at radius 1 is 1.02 bits per heavy atom. The highest BCUT2D eigenvalue weighted by Crippen LogP contribution is 2.71. The molecule has 3 aliphatic carbocycles. The molecule has 7 rings (SSSR count). The fraction of sp³-hybridized carbons (Fsp3) is 0.694. The molecule has 5 amide bonds. The number of amides is 5. The van der Waals surface area contributed by atoms with Crippen molar-refractivity contribution in [3.8, 4) is 0 Å². The molecular weight excluding hydrogens is 768 g/mol. The third-order valence-electron chi connectivity index (χ3n) is 11.5. The van der Waals surface area contributed by atoms with Crippen LogP contribution < -0.4 is 15.4 Å². The average Bonchev–Trinajstić information content (AvgIpc) is 4.02. The molecule has 0 bridgehead atoms. The van der Waals surface area contributed by atoms with Gasteiger partial charge in [0.25, 0.3) is 5.91 Å². The zero-order chi connectivity index (χ0) is 39.0. The van der Waals surface area contributed by atoms with Gasteiger partial charge in [0.1, 0.15) is 39.5 Å². The van der Waals surface area contributed by atoms with E-state index in [1.54, 1.807) is 32.9 Å². The van der Waals surface area contributed by atoms with Gasteiger partial charge >= 0.3 is 12.2 Å². The highest BCUT2D eigenvalue weighted by molar-refractivity contribution is 7.91. The molecule has 0 aromatic heterocycles. The number of carbonyl (C=O) groups is 5. The van der Waals surface area contributed by atoms with Gasteiger partial charge < -0.3 is 25.0 Å². The average molecular weight is 815 g/mol. The molecule has 3 saturated carbocycles. The van der Waals surface area contributed by atoms with Crippen LogP contribution in [0.25, 0.3) is 0 Å². The van der Waals surface area contributed by atoms with Gasteiger partial charge in [-0.3, -0.25) is 24.0 Å². The molecule has 54 heavy (non-hydrogen) atoms. The van der Waals surface area contributed by atoms with E-state index in [1.807, 2.05) is 0 Å². The summed E-state index contributed by atoms with van der Waals surface area (Å²) in [6.45, 7) is 4.92. The van der Waals surface area contributed by atoms with E-state index >= 15 is 0 Å². The van der Waals surface area contributed by atoms with E-state index in [1.165, 1.54) is 15.9 Å². The Labute approximate surface area is 323 Å². The third-order valence-corrected chi connectivity index (χ3v) is 14.3. The second-order valence-corrected chi connectivity index (χ2v) is 20.0. The lowest BCUT2D eigenvalue weighted by molar-refractivity contribution is -0.141. The van der Waals surface area contributed by atoms with Crippen LogP contribution in [0.5, 0.6) is 0 Å². The molecule has 3 aliphatic heterocycles. The number of alkyl carbamates (subject to hydrolysis) is 1. The smallest absolute Gasteiger partial charge is 0.410 e. The zero-order valence-corrected chi connectivity index (χ0v) is 32.7. The number of sulfonamides is 1. The summed E-state index contributed by atoms with van der Waals surface area (Å²) in [6.07, 6.45) is 0.832. The summed E-state index contributed by atoms with van der Waals surface area (Å²) in [5.41, 5.74) is -1.52. The maximum Gasteiger partial charge on any atom is 0.410 e. The Morgan fingerprint density at radius 3 is 2.43 bits per heavy atom. The lowest BCUT2D eigenvalue weighted by atomic mass is 10.0. The first kappa shape index (κ1) is 38.9. The maximum atomic E-state index is 14.5. The van der Waals surface area contributed by atoms with Crippen molar-refractivity contribution >= 4 is 63.1 Å². The molecule has 7 atom stereocenters. The summed E-state index contributed by atoms with van der Waals surface area (Å²) in [4.78, 5) is 71.6. The number of nitrogens with zero attached hydrogens (tertiary/aromatic N) is 2. The lowest BCUT2D eigenvalue weighted by Gasteiger charge is -2.30. The van der Waals surface area contributed by atoms with Crippen LogP contribution in [0.15, 0.2) is 18.2 Å². The normalized spacial score (nSPS) is 32.0. The molecule has 5 fully saturated rings. The monoisotopic (exact) mass is 813 g/mol. The van der Waals surface area contributed by atoms with Gasteiger partial charge in [-0.25, -0.2) is 22.4 Å². The van der Waals surface area contributed by atoms with Gasteiger partial charge in [0.05, 0.1) is 18.3 Å². The molecule has 0 spiro atoms. The number of carbonyl (C=O) groups excluding carboxylic acids is 5. The van der Waals surface area contributed by atoms with Gasteiger partial charge in [-0.15, -0.1) is 23.2 Å². The fourth-order valence-corrected chi connectivity index (χ4v) is 10.7. The Kier molecular flexibility index (Phi) is 10.1. The minimum Gasteiger partial charge on any atom is -0.444 e. The number of alkyl halides is 2. The van der Waals surface area contributed by atoms with Gasteiger partial charge in [0.2, 0.25) is 21.8 Å². The largest absolute Gasteiger partial charge is 0.444 e. The van der Waals surface area contributed by atoms with Crippen LogP contribution >= 0.6 is 23.2 Å². The zero-order valence-electron chi connectivity index (χ0n) is 30.4. The van der Waals surface area contributed by atoms with Crippen molar-refractivity contribution in [2.45, 2.75) is 131 Å². The van der Waals surface area contributed by atoms with Crippen molar-refractivity contribution in [1.29, 1.82) is 0 Å². The highest BCUT2D eigenvalue weighted by atomic mass is 35.5. The van der Waals surface area contributed by atoms with Crippen LogP contribution in [0, 0.1) is 23.6 Å². The number of rotatable bonds is 5. The van der Waals surface area contributed by atoms with Crippen LogP contribution in [0.4, 0.5) is 14.0 Å². The van der Waals surface area contributed by atoms with E-state index in [4.69, 9.17) is 32.7 Å². The van der Waals surface area contributed by atoms with Crippen LogP contribution in [-0.4, -0.2) is 93.6 Å². The Balaban J connectivity index is 1.16. The Morgan fingerprint density at radius 2 is 1.74 bits per heavy atom. The molecule has 18 heteroatoms. The number of hydrogen-bond donors (Lipinski definition) is 3. The molecule has 1 aromatic carbocycles. The minimum absolute atomic E-state index is 0.0183. The standard InChI is InChI=1S/C36H46Cl2FN5O9S/c1-34(2,3)53-32(48)40-26-11-6-4-5-9-23-28(36(23,37)38)24-15-35(24,31(47)42-54(50,51)21-12-13-21)41-29(45)27-14-20(17-44(27)30(26)46)52-33(49)43-16-19-8-7-10-25(39)22(19)18-43/h7-8,10,20-21,23-24,26-28H,4-6,9,11-18H2,1-3H3,(H,40,48)(H,41,45)(H,42,47)/t20-,23?,24+,26+,27+,28?,35-/m1/s1. The number of ether oxygens (including phenoxy) is 2. The first-order valence-electron chi connectivity index (χ1n) is 18.6. The van der Waals surface area contributed by atoms with Crippen LogP contribution in [0.3, 0.4) is 0 Å². The molecule has 3 heterocycles. The maximum absolute atomic E-state index is 14.5. The van der Waals surface area contributed by atoms with Gasteiger partial charge in [-0.1, -0.05) is 31.4 Å². The van der Waals surface area contributed by atoms with Crippen molar-refractivity contribution in [3.63, 3.8) is 0 Å². The molecule has 0 radical (unpaired) electrons. The SMILES string of the molecule is CC(C)(C)OC(=O)N[C@H]1CCCCCC2C([C@@H]3C[C@@]3(C(=O)NS(=O)(=O)C3CC3)NC(=O)[C@@H]3C[C@@H](OC(=O)N4Cc5cccc(F)c5C4)CN3C1=O)C2(Cl)Cl. The van der Waals surface area contributed by atoms with Gasteiger partial charge in [-0.05, 0) is 76.3 Å². The highest BCUT2D eigenvalue weighted by Gasteiger charge is 2.77. The van der Waals surface area contributed by atoms with Crippen molar-refractivity contribution < 1.29 is 46.3 Å². The first-order valence-corrected chi connectivity index (χ1v) is 20.9. The number of halogens is 3. The van der Waals surface area contributed by atoms with E-state index in [0.29, 0.717) is 49.7 Å². The van der Waals surface area contributed by atoms with Crippen molar-refractivity contribution in [1.82, 2.24) is 25.2 Å². The predicted octanol–water partition coefficient (Wildman–Crippen LogP) is 4.01. The summed E-state index contributed by atoms with van der Waals surface area (Å²) in [7, 11) is -3.99. The van der Waals surface area contributed by atoms with Crippen LogP contribution in [0.1, 0.15) is 89.7 Å². The molecule has 3 N–H and O–H groups in total. The molecule has 1 aromatic rings. The third kappa shape index (κ3) is 7.71. The quantitative estimate of drug-likeness (QED) is 0.371. The van der Waals surface area contributed by atoms with E-state index in [9.17, 15) is 36.8 Å². The van der Waals surface area contributed by atoms with Crippen molar-refractivity contribution in [3.05, 3.63) is 35.1 Å². The van der Waals surface area contributed by atoms with E-state index in [2.05, 4.69) is 15.4 Å². The van der Waals surface area contributed by atoms with Crippen molar-refractivity contribution in [2.24, 2.45) is 17.8 Å². The molecule has 6 aliphatic rings.